The highest BCUT2D eigenvalue weighted by atomic mass is 16.5. The predicted molar refractivity (Wildman–Crippen MR) is 84.7 cm³/mol. The SMILES string of the molecule is CCOC(=O)C1CC(C)C(c2cccc3c2CCC3)CC1=O. The molecule has 0 spiro atoms. The second-order valence-electron chi connectivity index (χ2n) is 6.63. The molecule has 3 heteroatoms. The van der Waals surface area contributed by atoms with E-state index in [9.17, 15) is 9.59 Å². The third kappa shape index (κ3) is 2.69. The van der Waals surface area contributed by atoms with Crippen LogP contribution in [0.15, 0.2) is 18.2 Å². The fourth-order valence-electron chi connectivity index (χ4n) is 4.11. The highest BCUT2D eigenvalue weighted by Crippen LogP contribution is 2.42. The van der Waals surface area contributed by atoms with Crippen molar-refractivity contribution in [2.75, 3.05) is 6.61 Å². The molecule has 0 radical (unpaired) electrons. The van der Waals surface area contributed by atoms with E-state index < -0.39 is 5.92 Å². The summed E-state index contributed by atoms with van der Waals surface area (Å²) in [4.78, 5) is 24.4. The Morgan fingerprint density at radius 2 is 2.14 bits per heavy atom. The van der Waals surface area contributed by atoms with E-state index in [2.05, 4.69) is 25.1 Å². The Bertz CT molecular complexity index is 590. The first-order valence-electron chi connectivity index (χ1n) is 8.41. The van der Waals surface area contributed by atoms with Gasteiger partial charge in [0, 0.05) is 6.42 Å². The van der Waals surface area contributed by atoms with Crippen molar-refractivity contribution in [2.45, 2.75) is 51.9 Å². The monoisotopic (exact) mass is 300 g/mol. The topological polar surface area (TPSA) is 43.4 Å². The molecule has 3 unspecified atom stereocenters. The zero-order valence-electron chi connectivity index (χ0n) is 13.4. The molecule has 0 heterocycles. The molecule has 0 N–H and O–H groups in total. The second-order valence-corrected chi connectivity index (χ2v) is 6.63. The standard InChI is InChI=1S/C19H24O3/c1-3-22-19(21)17-10-12(2)16(11-18(17)20)15-9-5-7-13-6-4-8-14(13)15/h5,7,9,12,16-17H,3-4,6,8,10-11H2,1-2H3. The van der Waals surface area contributed by atoms with Gasteiger partial charge in [-0.2, -0.15) is 0 Å². The highest BCUT2D eigenvalue weighted by molar-refractivity contribution is 6.00. The molecule has 0 aromatic heterocycles. The van der Waals surface area contributed by atoms with E-state index in [4.69, 9.17) is 4.74 Å². The molecule has 3 rings (SSSR count). The zero-order chi connectivity index (χ0) is 15.7. The van der Waals surface area contributed by atoms with Gasteiger partial charge in [0.05, 0.1) is 6.61 Å². The van der Waals surface area contributed by atoms with Gasteiger partial charge in [-0.3, -0.25) is 9.59 Å². The summed E-state index contributed by atoms with van der Waals surface area (Å²) in [5.41, 5.74) is 4.25. The van der Waals surface area contributed by atoms with E-state index in [0.717, 1.165) is 12.8 Å². The maximum atomic E-state index is 12.4. The van der Waals surface area contributed by atoms with Gasteiger partial charge in [-0.1, -0.05) is 25.1 Å². The van der Waals surface area contributed by atoms with Gasteiger partial charge >= 0.3 is 5.97 Å². The minimum absolute atomic E-state index is 0.0529. The van der Waals surface area contributed by atoms with Crippen LogP contribution in [0.4, 0.5) is 0 Å². The summed E-state index contributed by atoms with van der Waals surface area (Å²) in [6.45, 7) is 4.29. The van der Waals surface area contributed by atoms with Crippen molar-refractivity contribution in [1.29, 1.82) is 0 Å². The number of ketones is 1. The fraction of sp³-hybridized carbons (Fsp3) is 0.579. The minimum Gasteiger partial charge on any atom is -0.465 e. The van der Waals surface area contributed by atoms with Crippen molar-refractivity contribution in [1.82, 2.24) is 0 Å². The molecule has 1 aromatic rings. The highest BCUT2D eigenvalue weighted by Gasteiger charge is 2.40. The van der Waals surface area contributed by atoms with E-state index in [1.165, 1.54) is 23.1 Å². The van der Waals surface area contributed by atoms with Crippen LogP contribution in [0, 0.1) is 11.8 Å². The number of rotatable bonds is 3. The molecule has 0 saturated heterocycles. The normalized spacial score (nSPS) is 27.5. The lowest BCUT2D eigenvalue weighted by Gasteiger charge is -2.33. The Balaban J connectivity index is 1.82. The molecule has 22 heavy (non-hydrogen) atoms. The van der Waals surface area contributed by atoms with Gasteiger partial charge in [-0.25, -0.2) is 0 Å². The van der Waals surface area contributed by atoms with E-state index in [1.807, 2.05) is 0 Å². The van der Waals surface area contributed by atoms with Crippen LogP contribution in [-0.2, 0) is 27.2 Å². The van der Waals surface area contributed by atoms with Crippen LogP contribution in [0.25, 0.3) is 0 Å². The lowest BCUT2D eigenvalue weighted by molar-refractivity contribution is -0.153. The molecular weight excluding hydrogens is 276 g/mol. The summed E-state index contributed by atoms with van der Waals surface area (Å²) in [5, 5.41) is 0. The van der Waals surface area contributed by atoms with Crippen LogP contribution < -0.4 is 0 Å². The van der Waals surface area contributed by atoms with Gasteiger partial charge in [0.25, 0.3) is 0 Å². The number of hydrogen-bond donors (Lipinski definition) is 0. The summed E-state index contributed by atoms with van der Waals surface area (Å²) in [7, 11) is 0. The van der Waals surface area contributed by atoms with Gasteiger partial charge in [0.15, 0.2) is 0 Å². The lowest BCUT2D eigenvalue weighted by atomic mass is 9.70. The van der Waals surface area contributed by atoms with Crippen LogP contribution in [-0.4, -0.2) is 18.4 Å². The number of carbonyl (C=O) groups is 2. The number of Topliss-reactive ketones (excluding diaryl/α,β-unsaturated/α-hetero) is 1. The van der Waals surface area contributed by atoms with Gasteiger partial charge in [-0.15, -0.1) is 0 Å². The fourth-order valence-corrected chi connectivity index (χ4v) is 4.11. The molecule has 2 aliphatic carbocycles. The van der Waals surface area contributed by atoms with Crippen LogP contribution in [0.5, 0.6) is 0 Å². The van der Waals surface area contributed by atoms with Crippen LogP contribution in [0.2, 0.25) is 0 Å². The number of ether oxygens (including phenoxy) is 1. The number of fused-ring (bicyclic) bond motifs is 1. The van der Waals surface area contributed by atoms with Gasteiger partial charge in [0.1, 0.15) is 11.7 Å². The maximum Gasteiger partial charge on any atom is 0.316 e. The third-order valence-electron chi connectivity index (χ3n) is 5.26. The molecule has 2 aliphatic rings. The molecule has 0 bridgehead atoms. The van der Waals surface area contributed by atoms with Crippen LogP contribution in [0.3, 0.4) is 0 Å². The first-order valence-corrected chi connectivity index (χ1v) is 8.41. The molecule has 1 aromatic carbocycles. The van der Waals surface area contributed by atoms with Gasteiger partial charge < -0.3 is 4.74 Å². The predicted octanol–water partition coefficient (Wildman–Crippen LogP) is 3.44. The van der Waals surface area contributed by atoms with Crippen molar-refractivity contribution in [2.24, 2.45) is 11.8 Å². The summed E-state index contributed by atoms with van der Waals surface area (Å²) in [6, 6.07) is 6.51. The Hall–Kier alpha value is -1.64. The first-order chi connectivity index (χ1) is 10.6. The van der Waals surface area contributed by atoms with E-state index in [1.54, 1.807) is 6.92 Å². The van der Waals surface area contributed by atoms with E-state index in [0.29, 0.717) is 25.4 Å². The van der Waals surface area contributed by atoms with E-state index in [-0.39, 0.29) is 17.7 Å². The Labute approximate surface area is 132 Å². The van der Waals surface area contributed by atoms with Crippen molar-refractivity contribution in [3.63, 3.8) is 0 Å². The average Bonchev–Trinajstić information content (AvgIpc) is 2.98. The number of hydrogen-bond acceptors (Lipinski definition) is 3. The summed E-state index contributed by atoms with van der Waals surface area (Å²) in [5.74, 6) is -0.248. The Morgan fingerprint density at radius 1 is 1.32 bits per heavy atom. The van der Waals surface area contributed by atoms with Crippen LogP contribution in [0.1, 0.15) is 55.7 Å². The first kappa shape index (κ1) is 15.3. The number of benzene rings is 1. The minimum atomic E-state index is -0.553. The smallest absolute Gasteiger partial charge is 0.316 e. The molecule has 1 saturated carbocycles. The maximum absolute atomic E-state index is 12.4. The van der Waals surface area contributed by atoms with Crippen molar-refractivity contribution < 1.29 is 14.3 Å². The molecule has 0 amide bonds. The number of esters is 1. The van der Waals surface area contributed by atoms with Crippen molar-refractivity contribution in [3.05, 3.63) is 34.9 Å². The van der Waals surface area contributed by atoms with Crippen molar-refractivity contribution >= 4 is 11.8 Å². The number of aryl methyl sites for hydroxylation is 1. The largest absolute Gasteiger partial charge is 0.465 e. The van der Waals surface area contributed by atoms with Gasteiger partial charge in [-0.05, 0) is 61.1 Å². The molecule has 118 valence electrons. The Morgan fingerprint density at radius 3 is 2.91 bits per heavy atom. The van der Waals surface area contributed by atoms with E-state index >= 15 is 0 Å². The molecule has 3 nitrogen and oxygen atoms in total. The Kier molecular flexibility index (Phi) is 4.32. The zero-order valence-corrected chi connectivity index (χ0v) is 13.4. The summed E-state index contributed by atoms with van der Waals surface area (Å²) in [6.07, 6.45) is 4.59. The molecule has 0 aliphatic heterocycles. The summed E-state index contributed by atoms with van der Waals surface area (Å²) >= 11 is 0. The molecule has 1 fully saturated rings. The molecular formula is C19H24O3. The average molecular weight is 300 g/mol. The van der Waals surface area contributed by atoms with Crippen molar-refractivity contribution in [3.8, 4) is 0 Å². The lowest BCUT2D eigenvalue weighted by Crippen LogP contribution is -2.35. The summed E-state index contributed by atoms with van der Waals surface area (Å²) < 4.78 is 5.06. The van der Waals surface area contributed by atoms with Gasteiger partial charge in [0.2, 0.25) is 0 Å². The quantitative estimate of drug-likeness (QED) is 0.634. The molecule has 3 atom stereocenters. The number of carbonyl (C=O) groups excluding carboxylic acids is 2. The van der Waals surface area contributed by atoms with Crippen LogP contribution >= 0.6 is 0 Å². The third-order valence-corrected chi connectivity index (χ3v) is 5.26. The second kappa shape index (κ2) is 6.23.